The molecule has 4 rings (SSSR count). The Morgan fingerprint density at radius 1 is 1.03 bits per heavy atom. The fourth-order valence-electron chi connectivity index (χ4n) is 4.24. The van der Waals surface area contributed by atoms with E-state index >= 15 is 0 Å². The Balaban J connectivity index is 1.34. The molecule has 9 heteroatoms. The van der Waals surface area contributed by atoms with Crippen LogP contribution in [-0.4, -0.2) is 63.9 Å². The Hall–Kier alpha value is -3.72. The largest absolute Gasteiger partial charge is 0.497 e. The molecule has 1 amide bonds. The molecule has 0 spiro atoms. The van der Waals surface area contributed by atoms with E-state index in [4.69, 9.17) is 10.5 Å². The van der Waals surface area contributed by atoms with Crippen LogP contribution in [-0.2, 0) is 11.2 Å². The van der Waals surface area contributed by atoms with Crippen LogP contribution < -0.4 is 15.8 Å². The van der Waals surface area contributed by atoms with Gasteiger partial charge in [-0.25, -0.2) is 0 Å². The van der Waals surface area contributed by atoms with Gasteiger partial charge < -0.3 is 20.7 Å². The van der Waals surface area contributed by atoms with Crippen molar-refractivity contribution in [2.75, 3.05) is 44.3 Å². The lowest BCUT2D eigenvalue weighted by atomic mass is 10.1. The Morgan fingerprint density at radius 3 is 2.54 bits per heavy atom. The first kappa shape index (κ1) is 24.4. The fourth-order valence-corrected chi connectivity index (χ4v) is 4.24. The third-order valence-corrected chi connectivity index (χ3v) is 6.29. The van der Waals surface area contributed by atoms with Crippen LogP contribution in [0.4, 0.5) is 17.6 Å². The van der Waals surface area contributed by atoms with E-state index < -0.39 is 0 Å². The Kier molecular flexibility index (Phi) is 8.10. The van der Waals surface area contributed by atoms with E-state index in [-0.39, 0.29) is 17.9 Å². The molecule has 35 heavy (non-hydrogen) atoms. The van der Waals surface area contributed by atoms with Gasteiger partial charge in [0.2, 0.25) is 17.8 Å². The van der Waals surface area contributed by atoms with Crippen molar-refractivity contribution >= 4 is 23.5 Å². The molecular weight excluding hydrogens is 442 g/mol. The summed E-state index contributed by atoms with van der Waals surface area (Å²) < 4.78 is 5.20. The van der Waals surface area contributed by atoms with Crippen molar-refractivity contribution in [2.45, 2.75) is 32.2 Å². The highest BCUT2D eigenvalue weighted by Crippen LogP contribution is 2.22. The molecule has 3 aromatic rings. The minimum absolute atomic E-state index is 0.0500. The maximum atomic E-state index is 12.9. The fraction of sp³-hybridized carbons (Fsp3) is 0.385. The maximum absolute atomic E-state index is 12.9. The number of nitrogens with one attached hydrogen (secondary N) is 1. The SMILES string of the molecule is COc1ccc(CCC(=O)N2CCCN(C(C)c3nc(N)nc(Nc4ccccc4)n3)CC2)cc1. The number of para-hydroxylation sites is 1. The quantitative estimate of drug-likeness (QED) is 0.510. The number of hydrogen-bond donors (Lipinski definition) is 2. The summed E-state index contributed by atoms with van der Waals surface area (Å²) >= 11 is 0. The topological polar surface area (TPSA) is 110 Å². The second-order valence-corrected chi connectivity index (χ2v) is 8.66. The predicted molar refractivity (Wildman–Crippen MR) is 136 cm³/mol. The minimum atomic E-state index is -0.0500. The third-order valence-electron chi connectivity index (χ3n) is 6.29. The van der Waals surface area contributed by atoms with Gasteiger partial charge >= 0.3 is 0 Å². The molecule has 0 radical (unpaired) electrons. The van der Waals surface area contributed by atoms with Gasteiger partial charge in [0.25, 0.3) is 0 Å². The van der Waals surface area contributed by atoms with Gasteiger partial charge in [-0.05, 0) is 49.6 Å². The van der Waals surface area contributed by atoms with Gasteiger partial charge in [-0.1, -0.05) is 30.3 Å². The number of carbonyl (C=O) groups is 1. The second kappa shape index (κ2) is 11.6. The molecule has 1 atom stereocenters. The van der Waals surface area contributed by atoms with Crippen LogP contribution in [0.2, 0.25) is 0 Å². The van der Waals surface area contributed by atoms with Crippen molar-refractivity contribution in [1.29, 1.82) is 0 Å². The lowest BCUT2D eigenvalue weighted by Crippen LogP contribution is -2.36. The zero-order valence-corrected chi connectivity index (χ0v) is 20.4. The highest BCUT2D eigenvalue weighted by atomic mass is 16.5. The molecule has 1 fully saturated rings. The average molecular weight is 476 g/mol. The van der Waals surface area contributed by atoms with E-state index in [9.17, 15) is 4.79 Å². The van der Waals surface area contributed by atoms with E-state index in [1.165, 1.54) is 0 Å². The lowest BCUT2D eigenvalue weighted by molar-refractivity contribution is -0.131. The summed E-state index contributed by atoms with van der Waals surface area (Å²) in [5, 5.41) is 3.19. The van der Waals surface area contributed by atoms with Gasteiger partial charge in [0.1, 0.15) is 5.75 Å². The maximum Gasteiger partial charge on any atom is 0.232 e. The van der Waals surface area contributed by atoms with Crippen molar-refractivity contribution < 1.29 is 9.53 Å². The van der Waals surface area contributed by atoms with Crippen LogP contribution in [0.15, 0.2) is 54.6 Å². The first-order valence-electron chi connectivity index (χ1n) is 12.0. The molecule has 9 nitrogen and oxygen atoms in total. The first-order chi connectivity index (χ1) is 17.0. The number of nitrogens with two attached hydrogens (primary N) is 1. The molecule has 184 valence electrons. The van der Waals surface area contributed by atoms with Gasteiger partial charge in [0.15, 0.2) is 5.82 Å². The van der Waals surface area contributed by atoms with Crippen LogP contribution >= 0.6 is 0 Å². The average Bonchev–Trinajstić information content (AvgIpc) is 3.14. The van der Waals surface area contributed by atoms with Gasteiger partial charge in [-0.3, -0.25) is 9.69 Å². The number of rotatable bonds is 8. The monoisotopic (exact) mass is 475 g/mol. The zero-order valence-electron chi connectivity index (χ0n) is 20.4. The van der Waals surface area contributed by atoms with Crippen LogP contribution in [0.5, 0.6) is 5.75 Å². The summed E-state index contributed by atoms with van der Waals surface area (Å²) in [5.41, 5.74) is 8.01. The molecular formula is C26H33N7O2. The number of aryl methyl sites for hydroxylation is 1. The van der Waals surface area contributed by atoms with Crippen molar-refractivity contribution in [3.8, 4) is 5.75 Å². The smallest absolute Gasteiger partial charge is 0.232 e. The molecule has 1 aliphatic rings. The molecule has 0 bridgehead atoms. The number of benzene rings is 2. The zero-order chi connectivity index (χ0) is 24.6. The number of aromatic nitrogens is 3. The second-order valence-electron chi connectivity index (χ2n) is 8.66. The summed E-state index contributed by atoms with van der Waals surface area (Å²) in [6.07, 6.45) is 2.12. The number of amides is 1. The molecule has 1 saturated heterocycles. The predicted octanol–water partition coefficient (Wildman–Crippen LogP) is 3.43. The molecule has 2 heterocycles. The summed E-state index contributed by atoms with van der Waals surface area (Å²) in [6, 6.07) is 17.6. The standard InChI is InChI=1S/C26H33N7O2/c1-19(24-29-25(27)31-26(30-24)28-21-7-4-3-5-8-21)32-15-6-16-33(18-17-32)23(34)14-11-20-9-12-22(35-2)13-10-20/h3-5,7-10,12-13,19H,6,11,14-18H2,1-2H3,(H3,27,28,29,30,31). The van der Waals surface area contributed by atoms with E-state index in [0.29, 0.717) is 24.7 Å². The normalized spacial score (nSPS) is 15.3. The van der Waals surface area contributed by atoms with Gasteiger partial charge in [0.05, 0.1) is 13.2 Å². The lowest BCUT2D eigenvalue weighted by Gasteiger charge is -2.27. The van der Waals surface area contributed by atoms with Crippen LogP contribution in [0.3, 0.4) is 0 Å². The first-order valence-corrected chi connectivity index (χ1v) is 12.0. The number of nitrogen functional groups attached to an aromatic ring is 1. The van der Waals surface area contributed by atoms with Gasteiger partial charge in [-0.2, -0.15) is 15.0 Å². The molecule has 1 unspecified atom stereocenters. The molecule has 1 aliphatic heterocycles. The van der Waals surface area contributed by atoms with Crippen molar-refractivity contribution in [3.63, 3.8) is 0 Å². The van der Waals surface area contributed by atoms with Gasteiger partial charge in [0, 0.05) is 38.3 Å². The van der Waals surface area contributed by atoms with Crippen LogP contribution in [0.25, 0.3) is 0 Å². The number of anilines is 3. The molecule has 3 N–H and O–H groups in total. The van der Waals surface area contributed by atoms with E-state index in [0.717, 1.165) is 49.5 Å². The van der Waals surface area contributed by atoms with Crippen molar-refractivity contribution in [1.82, 2.24) is 24.8 Å². The molecule has 1 aromatic heterocycles. The molecule has 0 aliphatic carbocycles. The van der Waals surface area contributed by atoms with Crippen LogP contribution in [0.1, 0.15) is 37.2 Å². The van der Waals surface area contributed by atoms with Crippen LogP contribution in [0, 0.1) is 0 Å². The number of ether oxygens (including phenoxy) is 1. The van der Waals surface area contributed by atoms with Crippen molar-refractivity contribution in [3.05, 3.63) is 66.0 Å². The highest BCUT2D eigenvalue weighted by molar-refractivity contribution is 5.76. The number of methoxy groups -OCH3 is 1. The summed E-state index contributed by atoms with van der Waals surface area (Å²) in [4.78, 5) is 30.4. The third kappa shape index (κ3) is 6.66. The number of nitrogens with zero attached hydrogens (tertiary/aromatic N) is 5. The van der Waals surface area contributed by atoms with Crippen molar-refractivity contribution in [2.24, 2.45) is 0 Å². The number of hydrogen-bond acceptors (Lipinski definition) is 8. The summed E-state index contributed by atoms with van der Waals surface area (Å²) in [5.74, 6) is 2.25. The molecule has 2 aromatic carbocycles. The van der Waals surface area contributed by atoms with E-state index in [1.807, 2.05) is 59.5 Å². The number of carbonyl (C=O) groups excluding carboxylic acids is 1. The van der Waals surface area contributed by atoms with E-state index in [1.54, 1.807) is 7.11 Å². The highest BCUT2D eigenvalue weighted by Gasteiger charge is 2.25. The Morgan fingerprint density at radius 2 is 1.80 bits per heavy atom. The van der Waals surface area contributed by atoms with E-state index in [2.05, 4.69) is 32.1 Å². The summed E-state index contributed by atoms with van der Waals surface area (Å²) in [6.45, 7) is 5.12. The molecule has 0 saturated carbocycles. The Bertz CT molecular complexity index is 1110. The summed E-state index contributed by atoms with van der Waals surface area (Å²) in [7, 11) is 1.65. The Labute approximate surface area is 206 Å². The minimum Gasteiger partial charge on any atom is -0.497 e. The van der Waals surface area contributed by atoms with Gasteiger partial charge in [-0.15, -0.1) is 0 Å².